The highest BCUT2D eigenvalue weighted by Gasteiger charge is 2.51. The second-order valence-electron chi connectivity index (χ2n) is 15.4. The molecule has 0 aromatic heterocycles. The van der Waals surface area contributed by atoms with E-state index in [1.54, 1.807) is 21.0 Å². The number of methoxy groups -OCH3 is 1. The van der Waals surface area contributed by atoms with Gasteiger partial charge in [-0.15, -0.1) is 0 Å². The lowest BCUT2D eigenvalue weighted by Crippen LogP contribution is -2.60. The van der Waals surface area contributed by atoms with Gasteiger partial charge >= 0.3 is 5.97 Å². The first-order valence-corrected chi connectivity index (χ1v) is 16.8. The van der Waals surface area contributed by atoms with E-state index in [0.717, 1.165) is 26.1 Å². The van der Waals surface area contributed by atoms with Crippen molar-refractivity contribution in [3.05, 3.63) is 0 Å². The number of Topliss-reactive ketones (excluding diaryl/α,β-unsaturated/α-hetero) is 1. The molecule has 11 heteroatoms. The summed E-state index contributed by atoms with van der Waals surface area (Å²) in [7, 11) is 7.87. The van der Waals surface area contributed by atoms with Gasteiger partial charge in [-0.25, -0.2) is 0 Å². The molecule has 0 aromatic rings. The van der Waals surface area contributed by atoms with Gasteiger partial charge in [-0.2, -0.15) is 0 Å². The number of rotatable bonds is 8. The quantitative estimate of drug-likeness (QED) is 0.315. The Morgan fingerprint density at radius 3 is 2.31 bits per heavy atom. The fourth-order valence-corrected chi connectivity index (χ4v) is 7.56. The van der Waals surface area contributed by atoms with E-state index in [-0.39, 0.29) is 54.4 Å². The number of hydrogen-bond donors (Lipinski definition) is 1. The molecule has 1 N–H and O–H groups in total. The summed E-state index contributed by atoms with van der Waals surface area (Å²) in [6, 6.07) is 0.337. The summed E-state index contributed by atoms with van der Waals surface area (Å²) in [5, 5.41) is 2.95. The van der Waals surface area contributed by atoms with Crippen LogP contribution in [-0.4, -0.2) is 136 Å². The summed E-state index contributed by atoms with van der Waals surface area (Å²) in [4.78, 5) is 46.7. The van der Waals surface area contributed by atoms with Crippen LogP contribution in [0.3, 0.4) is 0 Å². The third-order valence-corrected chi connectivity index (χ3v) is 10.2. The maximum Gasteiger partial charge on any atom is 0.319 e. The van der Waals surface area contributed by atoms with Crippen LogP contribution in [0, 0.1) is 23.2 Å². The number of ether oxygens (including phenoxy) is 4. The largest absolute Gasteiger partial charge is 0.463 e. The van der Waals surface area contributed by atoms with Crippen molar-refractivity contribution in [2.45, 2.75) is 117 Å². The van der Waals surface area contributed by atoms with E-state index < -0.39 is 35.3 Å². The van der Waals surface area contributed by atoms with Gasteiger partial charge in [0, 0.05) is 63.1 Å². The van der Waals surface area contributed by atoms with Crippen molar-refractivity contribution in [1.29, 1.82) is 0 Å². The molecule has 45 heavy (non-hydrogen) atoms. The van der Waals surface area contributed by atoms with Crippen LogP contribution in [0.1, 0.15) is 74.7 Å². The average molecular weight is 639 g/mol. The number of esters is 1. The molecule has 1 amide bonds. The lowest BCUT2D eigenvalue weighted by atomic mass is 9.74. The highest BCUT2D eigenvalue weighted by atomic mass is 16.7. The number of amides is 1. The van der Waals surface area contributed by atoms with E-state index in [2.05, 4.69) is 55.0 Å². The van der Waals surface area contributed by atoms with Crippen molar-refractivity contribution >= 4 is 17.7 Å². The zero-order chi connectivity index (χ0) is 33.9. The van der Waals surface area contributed by atoms with E-state index in [4.69, 9.17) is 18.9 Å². The number of nitrogens with one attached hydrogen (secondary N) is 1. The molecule has 0 bridgehead atoms. The van der Waals surface area contributed by atoms with E-state index in [1.165, 1.54) is 0 Å². The lowest BCUT2D eigenvalue weighted by molar-refractivity contribution is -0.263. The molecule has 0 radical (unpaired) electrons. The maximum absolute atomic E-state index is 14.2. The average Bonchev–Trinajstić information content (AvgIpc) is 2.92. The van der Waals surface area contributed by atoms with Gasteiger partial charge in [0.1, 0.15) is 12.0 Å². The van der Waals surface area contributed by atoms with Crippen LogP contribution < -0.4 is 5.32 Å². The van der Waals surface area contributed by atoms with Gasteiger partial charge < -0.3 is 29.2 Å². The normalized spacial score (nSPS) is 36.5. The fourth-order valence-electron chi connectivity index (χ4n) is 7.56. The lowest BCUT2D eigenvalue weighted by Gasteiger charge is -2.47. The van der Waals surface area contributed by atoms with Gasteiger partial charge in [0.25, 0.3) is 0 Å². The molecule has 260 valence electrons. The molecule has 1 unspecified atom stereocenters. The van der Waals surface area contributed by atoms with Crippen LogP contribution in [0.25, 0.3) is 0 Å². The molecule has 3 rings (SSSR count). The number of ketones is 1. The van der Waals surface area contributed by atoms with Crippen LogP contribution in [-0.2, 0) is 33.3 Å². The van der Waals surface area contributed by atoms with Gasteiger partial charge in [-0.1, -0.05) is 13.8 Å². The van der Waals surface area contributed by atoms with E-state index in [1.807, 2.05) is 27.7 Å². The smallest absolute Gasteiger partial charge is 0.319 e. The first-order valence-electron chi connectivity index (χ1n) is 16.8. The minimum absolute atomic E-state index is 0.00802. The molecule has 3 aliphatic heterocycles. The van der Waals surface area contributed by atoms with Gasteiger partial charge in [-0.05, 0) is 81.4 Å². The molecule has 0 spiro atoms. The summed E-state index contributed by atoms with van der Waals surface area (Å²) in [5.74, 6) is -1.02. The molecular formula is C34H62N4O7. The molecule has 3 heterocycles. The van der Waals surface area contributed by atoms with Gasteiger partial charge in [0.2, 0.25) is 5.91 Å². The molecule has 3 aliphatic rings. The Morgan fingerprint density at radius 2 is 1.73 bits per heavy atom. The van der Waals surface area contributed by atoms with Crippen molar-refractivity contribution in [2.24, 2.45) is 23.2 Å². The number of carbonyl (C=O) groups excluding carboxylic acids is 3. The number of hydrogen-bond acceptors (Lipinski definition) is 10. The van der Waals surface area contributed by atoms with Crippen molar-refractivity contribution in [3.63, 3.8) is 0 Å². The molecule has 0 aliphatic carbocycles. The third kappa shape index (κ3) is 9.47. The monoisotopic (exact) mass is 638 g/mol. The Labute approximate surface area is 272 Å². The van der Waals surface area contributed by atoms with Gasteiger partial charge in [0.15, 0.2) is 12.1 Å². The Hall–Kier alpha value is -1.63. The summed E-state index contributed by atoms with van der Waals surface area (Å²) in [5.41, 5.74) is -2.21. The predicted molar refractivity (Wildman–Crippen MR) is 174 cm³/mol. The van der Waals surface area contributed by atoms with Crippen molar-refractivity contribution in [3.8, 4) is 0 Å². The van der Waals surface area contributed by atoms with E-state index in [0.29, 0.717) is 19.4 Å². The fraction of sp³-hybridized carbons (Fsp3) is 0.912. The standard InChI is InChI=1S/C34H62N4O7/c1-21(2)35-28(39)19-38-17-25(18-38)27-20-43-32(41)33(6,7)30(40)24(5)31(34(8,42-12)15-22(3)16-37(27)11)45-29-14-26(36(9)10)13-23(4)44-29/h21-27,29,31H,13-20H2,1-12H3,(H,35,39)/t22-,23-,24+,26+,27?,29+,31-,34-/m1/s1. The summed E-state index contributed by atoms with van der Waals surface area (Å²) < 4.78 is 25.2. The zero-order valence-electron chi connectivity index (χ0n) is 30.1. The Balaban J connectivity index is 1.86. The van der Waals surface area contributed by atoms with Crippen molar-refractivity contribution in [1.82, 2.24) is 20.0 Å². The van der Waals surface area contributed by atoms with Crippen LogP contribution in [0.4, 0.5) is 0 Å². The molecular weight excluding hydrogens is 576 g/mol. The Kier molecular flexibility index (Phi) is 13.0. The van der Waals surface area contributed by atoms with Gasteiger partial charge in [0.05, 0.1) is 24.4 Å². The summed E-state index contributed by atoms with van der Waals surface area (Å²) in [6.07, 6.45) is 1.07. The highest BCUT2D eigenvalue weighted by Crippen LogP contribution is 2.38. The Morgan fingerprint density at radius 1 is 1.09 bits per heavy atom. The number of nitrogens with zero attached hydrogens (tertiary/aromatic N) is 3. The molecule has 3 fully saturated rings. The molecule has 0 saturated carbocycles. The van der Waals surface area contributed by atoms with Crippen molar-refractivity contribution < 1.29 is 33.3 Å². The van der Waals surface area contributed by atoms with Crippen LogP contribution in [0.5, 0.6) is 0 Å². The SMILES string of the molecule is CO[C@]1(C)C[C@@H](C)CN(C)C(C2CN(CC(=O)NC(C)C)C2)COC(=O)C(C)(C)C(=O)[C@H](C)[C@H]1O[C@H]1C[C@@H](N(C)C)C[C@@H](C)O1. The van der Waals surface area contributed by atoms with E-state index in [9.17, 15) is 14.4 Å². The maximum atomic E-state index is 14.2. The van der Waals surface area contributed by atoms with Crippen molar-refractivity contribution in [2.75, 3.05) is 61.0 Å². The third-order valence-electron chi connectivity index (χ3n) is 10.2. The number of carbonyl (C=O) groups is 3. The summed E-state index contributed by atoms with van der Waals surface area (Å²) in [6.45, 7) is 18.1. The number of likely N-dealkylation sites (N-methyl/N-ethyl adjacent to an activating group) is 1. The van der Waals surface area contributed by atoms with Crippen LogP contribution >= 0.6 is 0 Å². The van der Waals surface area contributed by atoms with E-state index >= 15 is 0 Å². The second kappa shape index (κ2) is 15.5. The second-order valence-corrected chi connectivity index (χ2v) is 15.4. The highest BCUT2D eigenvalue weighted by molar-refractivity contribution is 6.04. The molecule has 11 nitrogen and oxygen atoms in total. The topological polar surface area (TPSA) is 110 Å². The molecule has 8 atom stereocenters. The minimum atomic E-state index is -1.38. The zero-order valence-corrected chi connectivity index (χ0v) is 30.1. The Bertz CT molecular complexity index is 1020. The number of likely N-dealkylation sites (tertiary alicyclic amines) is 1. The first kappa shape index (κ1) is 37.8. The molecule has 3 saturated heterocycles. The minimum Gasteiger partial charge on any atom is -0.463 e. The van der Waals surface area contributed by atoms with Crippen LogP contribution in [0.2, 0.25) is 0 Å². The number of cyclic esters (lactones) is 1. The first-order chi connectivity index (χ1) is 20.9. The predicted octanol–water partition coefficient (Wildman–Crippen LogP) is 2.80. The molecule has 0 aromatic carbocycles. The van der Waals surface area contributed by atoms with Gasteiger partial charge in [-0.3, -0.25) is 24.2 Å². The van der Waals surface area contributed by atoms with Crippen LogP contribution in [0.15, 0.2) is 0 Å². The summed E-state index contributed by atoms with van der Waals surface area (Å²) >= 11 is 0.